The molecular formula is C17H24N4O2. The van der Waals surface area contributed by atoms with E-state index >= 15 is 0 Å². The second kappa shape index (κ2) is 6.58. The summed E-state index contributed by atoms with van der Waals surface area (Å²) in [4.78, 5) is 21.0. The Labute approximate surface area is 136 Å². The van der Waals surface area contributed by atoms with Crippen molar-refractivity contribution in [3.8, 4) is 0 Å². The van der Waals surface area contributed by atoms with Crippen LogP contribution in [-0.2, 0) is 6.42 Å². The van der Waals surface area contributed by atoms with Gasteiger partial charge in [0, 0.05) is 31.2 Å². The third kappa shape index (κ3) is 3.47. The number of urea groups is 1. The third-order valence-corrected chi connectivity index (χ3v) is 4.40. The molecule has 1 aliphatic heterocycles. The van der Waals surface area contributed by atoms with E-state index in [1.165, 1.54) is 0 Å². The molecule has 0 bridgehead atoms. The van der Waals surface area contributed by atoms with Gasteiger partial charge in [0.05, 0.1) is 0 Å². The lowest BCUT2D eigenvalue weighted by Gasteiger charge is -2.36. The molecule has 0 aliphatic carbocycles. The number of amides is 2. The van der Waals surface area contributed by atoms with Crippen LogP contribution >= 0.6 is 0 Å². The van der Waals surface area contributed by atoms with Crippen molar-refractivity contribution in [3.05, 3.63) is 24.1 Å². The lowest BCUT2D eigenvalue weighted by Crippen LogP contribution is -2.48. The fourth-order valence-corrected chi connectivity index (χ4v) is 2.97. The van der Waals surface area contributed by atoms with Crippen molar-refractivity contribution in [2.45, 2.75) is 32.2 Å². The van der Waals surface area contributed by atoms with Crippen molar-refractivity contribution in [2.24, 2.45) is 0 Å². The fraction of sp³-hybridized carbons (Fsp3) is 0.529. The van der Waals surface area contributed by atoms with Gasteiger partial charge < -0.3 is 19.5 Å². The molecule has 1 N–H and O–H groups in total. The Morgan fingerprint density at radius 2 is 2.30 bits per heavy atom. The number of carbonyl (C=O) groups excluding carboxylic acids is 1. The molecule has 6 nitrogen and oxygen atoms in total. The van der Waals surface area contributed by atoms with E-state index in [1.54, 1.807) is 0 Å². The first-order valence-electron chi connectivity index (χ1n) is 8.18. The number of hydrogen-bond donors (Lipinski definition) is 1. The van der Waals surface area contributed by atoms with E-state index in [-0.39, 0.29) is 6.03 Å². The number of fused-ring (bicyclic) bond motifs is 1. The van der Waals surface area contributed by atoms with Crippen LogP contribution in [0.5, 0.6) is 0 Å². The van der Waals surface area contributed by atoms with E-state index in [9.17, 15) is 4.79 Å². The van der Waals surface area contributed by atoms with Gasteiger partial charge >= 0.3 is 6.03 Å². The lowest BCUT2D eigenvalue weighted by molar-refractivity contribution is 0.148. The number of anilines is 1. The molecule has 2 amide bonds. The van der Waals surface area contributed by atoms with Crippen molar-refractivity contribution < 1.29 is 9.21 Å². The predicted octanol–water partition coefficient (Wildman–Crippen LogP) is 2.95. The Morgan fingerprint density at radius 1 is 1.48 bits per heavy atom. The molecule has 1 aliphatic rings. The van der Waals surface area contributed by atoms with E-state index in [4.69, 9.17) is 4.42 Å². The minimum Gasteiger partial charge on any atom is -0.441 e. The van der Waals surface area contributed by atoms with Gasteiger partial charge in [0.15, 0.2) is 11.5 Å². The minimum atomic E-state index is -0.0462. The van der Waals surface area contributed by atoms with Crippen molar-refractivity contribution in [3.63, 3.8) is 0 Å². The molecule has 0 saturated carbocycles. The van der Waals surface area contributed by atoms with E-state index < -0.39 is 0 Å². The van der Waals surface area contributed by atoms with E-state index in [2.05, 4.69) is 29.3 Å². The summed E-state index contributed by atoms with van der Waals surface area (Å²) in [5.74, 6) is 0.716. The van der Waals surface area contributed by atoms with Crippen LogP contribution in [0.3, 0.4) is 0 Å². The van der Waals surface area contributed by atoms with Crippen LogP contribution in [0.15, 0.2) is 22.6 Å². The van der Waals surface area contributed by atoms with Crippen molar-refractivity contribution >= 4 is 22.8 Å². The molecule has 1 aromatic carbocycles. The van der Waals surface area contributed by atoms with Gasteiger partial charge in [-0.05, 0) is 45.1 Å². The molecule has 1 fully saturated rings. The molecule has 2 aromatic rings. The normalized spacial score (nSPS) is 18.6. The van der Waals surface area contributed by atoms with Gasteiger partial charge in [-0.1, -0.05) is 6.92 Å². The van der Waals surface area contributed by atoms with Crippen LogP contribution in [0.25, 0.3) is 11.1 Å². The van der Waals surface area contributed by atoms with Crippen LogP contribution in [0.2, 0.25) is 0 Å². The summed E-state index contributed by atoms with van der Waals surface area (Å²) in [5, 5.41) is 2.98. The van der Waals surface area contributed by atoms with Gasteiger partial charge in [0.2, 0.25) is 0 Å². The number of hydrogen-bond acceptors (Lipinski definition) is 4. The average molecular weight is 316 g/mol. The highest BCUT2D eigenvalue weighted by Crippen LogP contribution is 2.21. The zero-order chi connectivity index (χ0) is 16.4. The quantitative estimate of drug-likeness (QED) is 0.945. The summed E-state index contributed by atoms with van der Waals surface area (Å²) in [5.41, 5.74) is 2.29. The Kier molecular flexibility index (Phi) is 4.52. The Balaban J connectivity index is 1.69. The number of aromatic nitrogens is 1. The largest absolute Gasteiger partial charge is 0.441 e. The first-order valence-corrected chi connectivity index (χ1v) is 8.18. The molecule has 1 aromatic heterocycles. The number of piperidine rings is 1. The molecule has 1 atom stereocenters. The number of benzene rings is 1. The molecule has 1 saturated heterocycles. The number of rotatable bonds is 3. The molecular weight excluding hydrogens is 292 g/mol. The van der Waals surface area contributed by atoms with Crippen molar-refractivity contribution in [2.75, 3.05) is 32.5 Å². The highest BCUT2D eigenvalue weighted by Gasteiger charge is 2.24. The Bertz CT molecular complexity index is 695. The minimum absolute atomic E-state index is 0.0462. The summed E-state index contributed by atoms with van der Waals surface area (Å²) >= 11 is 0. The van der Waals surface area contributed by atoms with Gasteiger partial charge in [0.1, 0.15) is 5.52 Å². The summed E-state index contributed by atoms with van der Waals surface area (Å²) < 4.78 is 5.59. The molecule has 2 heterocycles. The van der Waals surface area contributed by atoms with Crippen LogP contribution < -0.4 is 5.32 Å². The maximum Gasteiger partial charge on any atom is 0.321 e. The number of aryl methyl sites for hydroxylation is 1. The summed E-state index contributed by atoms with van der Waals surface area (Å²) in [6.45, 7) is 3.58. The number of likely N-dealkylation sites (N-methyl/N-ethyl adjacent to an activating group) is 1. The second-order valence-corrected chi connectivity index (χ2v) is 6.28. The molecule has 3 rings (SSSR count). The number of likely N-dealkylation sites (tertiary alicyclic amines) is 1. The first-order chi connectivity index (χ1) is 11.1. The lowest BCUT2D eigenvalue weighted by atomic mass is 10.1. The van der Waals surface area contributed by atoms with Crippen LogP contribution in [-0.4, -0.2) is 54.0 Å². The maximum atomic E-state index is 12.5. The average Bonchev–Trinajstić information content (AvgIpc) is 2.97. The smallest absolute Gasteiger partial charge is 0.321 e. The number of oxazole rings is 1. The monoisotopic (exact) mass is 316 g/mol. The maximum absolute atomic E-state index is 12.5. The molecule has 6 heteroatoms. The van der Waals surface area contributed by atoms with Gasteiger partial charge in [-0.25, -0.2) is 9.78 Å². The molecule has 0 radical (unpaired) electrons. The number of nitrogens with zero attached hydrogens (tertiary/aromatic N) is 3. The van der Waals surface area contributed by atoms with Gasteiger partial charge in [-0.2, -0.15) is 0 Å². The highest BCUT2D eigenvalue weighted by molar-refractivity contribution is 5.91. The third-order valence-electron chi connectivity index (χ3n) is 4.40. The van der Waals surface area contributed by atoms with Crippen LogP contribution in [0.4, 0.5) is 10.5 Å². The second-order valence-electron chi connectivity index (χ2n) is 6.28. The summed E-state index contributed by atoms with van der Waals surface area (Å²) in [7, 11) is 4.13. The van der Waals surface area contributed by atoms with E-state index in [0.29, 0.717) is 11.9 Å². The Hall–Kier alpha value is -2.08. The number of nitrogens with one attached hydrogen (secondary N) is 1. The predicted molar refractivity (Wildman–Crippen MR) is 90.7 cm³/mol. The summed E-state index contributed by atoms with van der Waals surface area (Å²) in [6, 6.07) is 5.96. The zero-order valence-corrected chi connectivity index (χ0v) is 14.0. The Morgan fingerprint density at radius 3 is 3.04 bits per heavy atom. The van der Waals surface area contributed by atoms with E-state index in [0.717, 1.165) is 49.1 Å². The van der Waals surface area contributed by atoms with Crippen molar-refractivity contribution in [1.29, 1.82) is 0 Å². The molecule has 23 heavy (non-hydrogen) atoms. The van der Waals surface area contributed by atoms with Gasteiger partial charge in [-0.3, -0.25) is 0 Å². The fourth-order valence-electron chi connectivity index (χ4n) is 2.97. The molecule has 1 unspecified atom stereocenters. The first kappa shape index (κ1) is 15.8. The SMILES string of the molecule is CCc1nc2cc(NC(=O)N3CCCC(N(C)C)C3)ccc2o1. The number of carbonyl (C=O) groups is 1. The van der Waals surface area contributed by atoms with Crippen LogP contribution in [0, 0.1) is 0 Å². The topological polar surface area (TPSA) is 61.6 Å². The zero-order valence-electron chi connectivity index (χ0n) is 14.0. The van der Waals surface area contributed by atoms with Gasteiger partial charge in [0.25, 0.3) is 0 Å². The highest BCUT2D eigenvalue weighted by atomic mass is 16.3. The van der Waals surface area contributed by atoms with Crippen LogP contribution in [0.1, 0.15) is 25.7 Å². The van der Waals surface area contributed by atoms with Crippen molar-refractivity contribution in [1.82, 2.24) is 14.8 Å². The van der Waals surface area contributed by atoms with Gasteiger partial charge in [-0.15, -0.1) is 0 Å². The van der Waals surface area contributed by atoms with E-state index in [1.807, 2.05) is 30.0 Å². The molecule has 0 spiro atoms. The summed E-state index contributed by atoms with van der Waals surface area (Å²) in [6.07, 6.45) is 2.94. The molecule has 124 valence electrons. The standard InChI is InChI=1S/C17H24N4O2/c1-4-16-19-14-10-12(7-8-15(14)23-16)18-17(22)21-9-5-6-13(11-21)20(2)3/h7-8,10,13H,4-6,9,11H2,1-3H3,(H,18,22).